The van der Waals surface area contributed by atoms with Crippen LogP contribution in [-0.2, 0) is 9.53 Å². The minimum Gasteiger partial charge on any atom is -0.481 e. The van der Waals surface area contributed by atoms with Crippen molar-refractivity contribution < 1.29 is 14.6 Å². The Hall–Kier alpha value is -1.09. The number of ether oxygens (including phenoxy) is 1. The average Bonchev–Trinajstić information content (AvgIpc) is 2.34. The summed E-state index contributed by atoms with van der Waals surface area (Å²) in [5.41, 5.74) is 0. The number of carboxylic acids is 1. The van der Waals surface area contributed by atoms with Gasteiger partial charge in [0, 0.05) is 32.7 Å². The van der Waals surface area contributed by atoms with Crippen molar-refractivity contribution in [3.8, 4) is 12.3 Å². The summed E-state index contributed by atoms with van der Waals surface area (Å²) in [6.45, 7) is 6.23. The molecule has 0 saturated carbocycles. The lowest BCUT2D eigenvalue weighted by Gasteiger charge is -2.29. The molecule has 0 radical (unpaired) electrons. The Balaban J connectivity index is 2.22. The van der Waals surface area contributed by atoms with Gasteiger partial charge >= 0.3 is 5.97 Å². The first-order valence-corrected chi connectivity index (χ1v) is 5.90. The summed E-state index contributed by atoms with van der Waals surface area (Å²) < 4.78 is 5.27. The number of carboxylic acid groups (broad SMARTS) is 1. The molecule has 96 valence electrons. The van der Waals surface area contributed by atoms with Crippen molar-refractivity contribution in [2.45, 2.75) is 6.42 Å². The molecule has 0 aromatic heterocycles. The van der Waals surface area contributed by atoms with E-state index < -0.39 is 5.97 Å². The molecule has 0 aromatic carbocycles. The van der Waals surface area contributed by atoms with E-state index in [0.29, 0.717) is 13.1 Å². The Morgan fingerprint density at radius 3 is 2.71 bits per heavy atom. The lowest BCUT2D eigenvalue weighted by molar-refractivity contribution is -0.137. The molecule has 0 aliphatic carbocycles. The topological polar surface area (TPSA) is 53.0 Å². The molecule has 0 atom stereocenters. The van der Waals surface area contributed by atoms with Crippen LogP contribution >= 0.6 is 0 Å². The van der Waals surface area contributed by atoms with Crippen molar-refractivity contribution in [1.82, 2.24) is 9.80 Å². The Morgan fingerprint density at radius 2 is 2.12 bits per heavy atom. The predicted octanol–water partition coefficient (Wildman–Crippen LogP) is -0.271. The molecule has 5 heteroatoms. The molecule has 0 bridgehead atoms. The van der Waals surface area contributed by atoms with Gasteiger partial charge in [-0.05, 0) is 0 Å². The number of nitrogens with zero attached hydrogens (tertiary/aromatic N) is 2. The molecule has 1 aliphatic heterocycles. The van der Waals surface area contributed by atoms with Crippen LogP contribution in [0.4, 0.5) is 0 Å². The summed E-state index contributed by atoms with van der Waals surface area (Å²) in [6, 6.07) is 0. The quantitative estimate of drug-likeness (QED) is 0.621. The maximum Gasteiger partial charge on any atom is 0.304 e. The van der Waals surface area contributed by atoms with Crippen molar-refractivity contribution in [3.63, 3.8) is 0 Å². The molecule has 5 nitrogen and oxygen atoms in total. The molecular weight excluding hydrogens is 220 g/mol. The Morgan fingerprint density at radius 1 is 1.41 bits per heavy atom. The average molecular weight is 240 g/mol. The number of aliphatic carboxylic acids is 1. The summed E-state index contributed by atoms with van der Waals surface area (Å²) >= 11 is 0. The third-order valence-electron chi connectivity index (χ3n) is 2.79. The second-order valence-electron chi connectivity index (χ2n) is 4.08. The van der Waals surface area contributed by atoms with Crippen LogP contribution in [0.2, 0.25) is 0 Å². The van der Waals surface area contributed by atoms with Crippen molar-refractivity contribution in [2.75, 3.05) is 52.5 Å². The summed E-state index contributed by atoms with van der Waals surface area (Å²) in [5, 5.41) is 8.64. The summed E-state index contributed by atoms with van der Waals surface area (Å²) in [4.78, 5) is 14.8. The van der Waals surface area contributed by atoms with Crippen LogP contribution in [0.3, 0.4) is 0 Å². The zero-order valence-corrected chi connectivity index (χ0v) is 10.1. The smallest absolute Gasteiger partial charge is 0.304 e. The molecule has 0 amide bonds. The molecule has 0 spiro atoms. The molecule has 1 N–H and O–H groups in total. The van der Waals surface area contributed by atoms with Crippen LogP contribution in [-0.4, -0.2) is 73.4 Å². The zero-order valence-electron chi connectivity index (χ0n) is 10.1. The minimum atomic E-state index is -0.779. The molecule has 1 fully saturated rings. The van der Waals surface area contributed by atoms with Crippen molar-refractivity contribution in [3.05, 3.63) is 0 Å². The van der Waals surface area contributed by atoms with Crippen molar-refractivity contribution in [2.24, 2.45) is 0 Å². The van der Waals surface area contributed by atoms with Crippen LogP contribution in [0.15, 0.2) is 0 Å². The minimum absolute atomic E-state index is 0.144. The van der Waals surface area contributed by atoms with E-state index in [2.05, 4.69) is 10.8 Å². The van der Waals surface area contributed by atoms with Crippen molar-refractivity contribution in [1.29, 1.82) is 0 Å². The van der Waals surface area contributed by atoms with Crippen LogP contribution in [0.25, 0.3) is 0 Å². The maximum atomic E-state index is 10.5. The fourth-order valence-corrected chi connectivity index (χ4v) is 1.76. The van der Waals surface area contributed by atoms with Crippen LogP contribution in [0.5, 0.6) is 0 Å². The number of terminal acetylenes is 1. The second-order valence-corrected chi connectivity index (χ2v) is 4.08. The highest BCUT2D eigenvalue weighted by molar-refractivity contribution is 5.66. The molecule has 1 saturated heterocycles. The van der Waals surface area contributed by atoms with Gasteiger partial charge in [0.2, 0.25) is 0 Å². The van der Waals surface area contributed by atoms with Gasteiger partial charge in [-0.25, -0.2) is 0 Å². The van der Waals surface area contributed by atoms with E-state index in [1.54, 1.807) is 0 Å². The second kappa shape index (κ2) is 8.07. The Labute approximate surface area is 102 Å². The van der Waals surface area contributed by atoms with E-state index >= 15 is 0 Å². The van der Waals surface area contributed by atoms with Gasteiger partial charge in [-0.3, -0.25) is 14.6 Å². The van der Waals surface area contributed by atoms with E-state index in [0.717, 1.165) is 39.4 Å². The van der Waals surface area contributed by atoms with Gasteiger partial charge in [-0.2, -0.15) is 0 Å². The van der Waals surface area contributed by atoms with E-state index in [1.807, 2.05) is 4.90 Å². The molecule has 0 aromatic rings. The Bertz CT molecular complexity index is 269. The number of hydrogen-bond acceptors (Lipinski definition) is 4. The lowest BCUT2D eigenvalue weighted by Crippen LogP contribution is -2.42. The molecule has 1 heterocycles. The Kier molecular flexibility index (Phi) is 6.63. The van der Waals surface area contributed by atoms with Crippen molar-refractivity contribution >= 4 is 5.97 Å². The largest absolute Gasteiger partial charge is 0.481 e. The van der Waals surface area contributed by atoms with Crippen LogP contribution < -0.4 is 0 Å². The number of morpholine rings is 1. The third kappa shape index (κ3) is 6.27. The standard InChI is InChI=1S/C12H20N2O3/c1-2-4-13(5-3-12(15)16)6-7-14-8-10-17-11-9-14/h1H,3-11H2,(H,15,16). The molecule has 0 unspecified atom stereocenters. The van der Waals surface area contributed by atoms with Gasteiger partial charge in [0.1, 0.15) is 0 Å². The first-order chi connectivity index (χ1) is 8.22. The van der Waals surface area contributed by atoms with Crippen LogP contribution in [0.1, 0.15) is 6.42 Å². The van der Waals surface area contributed by atoms with E-state index in [9.17, 15) is 4.79 Å². The summed E-state index contributed by atoms with van der Waals surface area (Å²) in [6.07, 6.45) is 5.42. The van der Waals surface area contributed by atoms with Gasteiger partial charge in [0.25, 0.3) is 0 Å². The van der Waals surface area contributed by atoms with Gasteiger partial charge < -0.3 is 9.84 Å². The highest BCUT2D eigenvalue weighted by Crippen LogP contribution is 1.98. The highest BCUT2D eigenvalue weighted by Gasteiger charge is 2.12. The van der Waals surface area contributed by atoms with Gasteiger partial charge in [0.05, 0.1) is 26.2 Å². The number of rotatable bonds is 7. The zero-order chi connectivity index (χ0) is 12.5. The number of carbonyl (C=O) groups is 1. The molecule has 1 aliphatic rings. The first-order valence-electron chi connectivity index (χ1n) is 5.90. The lowest BCUT2D eigenvalue weighted by atomic mass is 10.3. The monoisotopic (exact) mass is 240 g/mol. The molecule has 1 rings (SSSR count). The molecular formula is C12H20N2O3. The van der Waals surface area contributed by atoms with Gasteiger partial charge in [-0.1, -0.05) is 5.92 Å². The SMILES string of the molecule is C#CCN(CCC(=O)O)CCN1CCOCC1. The predicted molar refractivity (Wildman–Crippen MR) is 64.8 cm³/mol. The normalized spacial score (nSPS) is 16.9. The molecule has 17 heavy (non-hydrogen) atoms. The fourth-order valence-electron chi connectivity index (χ4n) is 1.76. The maximum absolute atomic E-state index is 10.5. The summed E-state index contributed by atoms with van der Waals surface area (Å²) in [5.74, 6) is 1.79. The van der Waals surface area contributed by atoms with Crippen LogP contribution in [0, 0.1) is 12.3 Å². The van der Waals surface area contributed by atoms with E-state index in [-0.39, 0.29) is 6.42 Å². The highest BCUT2D eigenvalue weighted by atomic mass is 16.5. The van der Waals surface area contributed by atoms with E-state index in [1.165, 1.54) is 0 Å². The van der Waals surface area contributed by atoms with Gasteiger partial charge in [-0.15, -0.1) is 6.42 Å². The fraction of sp³-hybridized carbons (Fsp3) is 0.750. The van der Waals surface area contributed by atoms with Gasteiger partial charge in [0.15, 0.2) is 0 Å². The first kappa shape index (κ1) is 14.0. The number of hydrogen-bond donors (Lipinski definition) is 1. The summed E-state index contributed by atoms with van der Waals surface area (Å²) in [7, 11) is 0. The third-order valence-corrected chi connectivity index (χ3v) is 2.79. The van der Waals surface area contributed by atoms with E-state index in [4.69, 9.17) is 16.3 Å².